The van der Waals surface area contributed by atoms with E-state index in [-0.39, 0.29) is 35.8 Å². The van der Waals surface area contributed by atoms with Crippen molar-refractivity contribution < 1.29 is 19.4 Å². The SMILES string of the molecule is C=C(C)[C@@H]1CCC(C)=C[C@H]1c1c(O)cc(C(C)(C)CCCCCC)cc1OCOC(=O)C(C)(C)C. The summed E-state index contributed by atoms with van der Waals surface area (Å²) in [6, 6.07) is 3.96. The molecule has 0 saturated heterocycles. The van der Waals surface area contributed by atoms with E-state index in [0.717, 1.165) is 42.4 Å². The van der Waals surface area contributed by atoms with Gasteiger partial charge in [0.05, 0.1) is 5.41 Å². The molecule has 0 radical (unpaired) electrons. The molecular weight excluding hydrogens is 436 g/mol. The van der Waals surface area contributed by atoms with Gasteiger partial charge >= 0.3 is 5.97 Å². The second-order valence-electron chi connectivity index (χ2n) is 12.1. The van der Waals surface area contributed by atoms with Crippen LogP contribution in [-0.4, -0.2) is 17.9 Å². The molecule has 0 aromatic heterocycles. The van der Waals surface area contributed by atoms with Crippen molar-refractivity contribution in [2.24, 2.45) is 11.3 Å². The zero-order valence-corrected chi connectivity index (χ0v) is 23.4. The third kappa shape index (κ3) is 7.88. The standard InChI is InChI=1S/C31H48O4/c1-10-11-12-13-16-31(8,9)23-18-26(32)28(25-17-22(4)14-15-24(25)21(2)3)27(19-23)34-20-35-29(33)30(5,6)7/h17-19,24-25,32H,2,10-16,20H2,1,3-9H3/t24-,25+/m0/s1. The maximum absolute atomic E-state index is 12.3. The molecule has 0 fully saturated rings. The average molecular weight is 485 g/mol. The van der Waals surface area contributed by atoms with Gasteiger partial charge in [-0.2, -0.15) is 0 Å². The van der Waals surface area contributed by atoms with E-state index in [0.29, 0.717) is 5.75 Å². The Morgan fingerprint density at radius 1 is 1.14 bits per heavy atom. The average Bonchev–Trinajstić information content (AvgIpc) is 2.75. The summed E-state index contributed by atoms with van der Waals surface area (Å²) in [5.41, 5.74) is 3.48. The van der Waals surface area contributed by atoms with Crippen molar-refractivity contribution in [1.29, 1.82) is 0 Å². The molecule has 1 aromatic rings. The van der Waals surface area contributed by atoms with Crippen LogP contribution in [0.5, 0.6) is 11.5 Å². The van der Waals surface area contributed by atoms with E-state index in [1.165, 1.54) is 24.8 Å². The van der Waals surface area contributed by atoms with Gasteiger partial charge < -0.3 is 14.6 Å². The number of allylic oxidation sites excluding steroid dienone is 3. The van der Waals surface area contributed by atoms with Crippen LogP contribution in [0.1, 0.15) is 117 Å². The van der Waals surface area contributed by atoms with E-state index in [9.17, 15) is 9.90 Å². The van der Waals surface area contributed by atoms with Gasteiger partial charge in [-0.05, 0) is 82.9 Å². The largest absolute Gasteiger partial charge is 0.507 e. The molecule has 1 aromatic carbocycles. The maximum Gasteiger partial charge on any atom is 0.314 e. The van der Waals surface area contributed by atoms with Crippen molar-refractivity contribution in [1.82, 2.24) is 0 Å². The van der Waals surface area contributed by atoms with Crippen molar-refractivity contribution in [3.05, 3.63) is 47.1 Å². The molecule has 1 aliphatic rings. The number of ether oxygens (including phenoxy) is 2. The summed E-state index contributed by atoms with van der Waals surface area (Å²) in [6.45, 7) is 20.4. The van der Waals surface area contributed by atoms with Gasteiger partial charge in [0.1, 0.15) is 11.5 Å². The van der Waals surface area contributed by atoms with Crippen LogP contribution in [0.25, 0.3) is 0 Å². The van der Waals surface area contributed by atoms with E-state index >= 15 is 0 Å². The molecule has 0 aliphatic heterocycles. The predicted octanol–water partition coefficient (Wildman–Crippen LogP) is 8.58. The highest BCUT2D eigenvalue weighted by atomic mass is 16.7. The second-order valence-corrected chi connectivity index (χ2v) is 12.1. The Morgan fingerprint density at radius 2 is 1.83 bits per heavy atom. The van der Waals surface area contributed by atoms with E-state index < -0.39 is 5.41 Å². The number of phenolic OH excluding ortho intramolecular Hbond substituents is 1. The highest BCUT2D eigenvalue weighted by Crippen LogP contribution is 2.48. The molecule has 1 aliphatic carbocycles. The van der Waals surface area contributed by atoms with Crippen molar-refractivity contribution in [3.63, 3.8) is 0 Å². The van der Waals surface area contributed by atoms with Gasteiger partial charge in [0.2, 0.25) is 6.79 Å². The predicted molar refractivity (Wildman–Crippen MR) is 145 cm³/mol. The molecule has 35 heavy (non-hydrogen) atoms. The van der Waals surface area contributed by atoms with Crippen LogP contribution in [0, 0.1) is 11.3 Å². The number of carbonyl (C=O) groups excluding carboxylic acids is 1. The van der Waals surface area contributed by atoms with Gasteiger partial charge in [0.25, 0.3) is 0 Å². The van der Waals surface area contributed by atoms with Crippen LogP contribution >= 0.6 is 0 Å². The van der Waals surface area contributed by atoms with Crippen LogP contribution < -0.4 is 4.74 Å². The number of rotatable bonds is 11. The lowest BCUT2D eigenvalue weighted by Crippen LogP contribution is -2.25. The van der Waals surface area contributed by atoms with Crippen LogP contribution in [0.2, 0.25) is 0 Å². The zero-order chi connectivity index (χ0) is 26.4. The number of benzene rings is 1. The molecule has 2 rings (SSSR count). The van der Waals surface area contributed by atoms with Crippen molar-refractivity contribution in [2.75, 3.05) is 6.79 Å². The Labute approximate surface area is 213 Å². The molecule has 2 atom stereocenters. The Kier molecular flexibility index (Phi) is 10.1. The van der Waals surface area contributed by atoms with Gasteiger partial charge in [-0.25, -0.2) is 0 Å². The van der Waals surface area contributed by atoms with E-state index in [4.69, 9.17) is 9.47 Å². The highest BCUT2D eigenvalue weighted by molar-refractivity contribution is 5.75. The number of aromatic hydroxyl groups is 1. The second kappa shape index (κ2) is 12.1. The molecule has 0 heterocycles. The molecule has 1 N–H and O–H groups in total. The van der Waals surface area contributed by atoms with Gasteiger partial charge in [-0.15, -0.1) is 0 Å². The number of phenols is 1. The minimum absolute atomic E-state index is 0.0312. The van der Waals surface area contributed by atoms with Crippen molar-refractivity contribution in [3.8, 4) is 11.5 Å². The molecule has 0 bridgehead atoms. The fraction of sp³-hybridized carbons (Fsp3) is 0.645. The summed E-state index contributed by atoms with van der Waals surface area (Å²) < 4.78 is 11.5. The quantitative estimate of drug-likeness (QED) is 0.148. The molecule has 0 saturated carbocycles. The third-order valence-corrected chi connectivity index (χ3v) is 7.29. The molecular formula is C31H48O4. The lowest BCUT2D eigenvalue weighted by Gasteiger charge is -2.33. The summed E-state index contributed by atoms with van der Waals surface area (Å²) in [7, 11) is 0. The first kappa shape index (κ1) is 29.0. The van der Waals surface area contributed by atoms with Crippen molar-refractivity contribution >= 4 is 5.97 Å². The van der Waals surface area contributed by atoms with E-state index in [1.54, 1.807) is 0 Å². The van der Waals surface area contributed by atoms with Crippen LogP contribution in [0.3, 0.4) is 0 Å². The first-order valence-electron chi connectivity index (χ1n) is 13.3. The minimum Gasteiger partial charge on any atom is -0.507 e. The van der Waals surface area contributed by atoms with E-state index in [1.807, 2.05) is 32.9 Å². The van der Waals surface area contributed by atoms with Gasteiger partial charge in [0, 0.05) is 11.5 Å². The molecule has 0 spiro atoms. The zero-order valence-electron chi connectivity index (χ0n) is 23.4. The number of hydrogen-bond acceptors (Lipinski definition) is 4. The lowest BCUT2D eigenvalue weighted by molar-refractivity contribution is -0.159. The summed E-state index contributed by atoms with van der Waals surface area (Å²) in [4.78, 5) is 12.3. The number of unbranched alkanes of at least 4 members (excludes halogenated alkanes) is 3. The smallest absolute Gasteiger partial charge is 0.314 e. The van der Waals surface area contributed by atoms with Gasteiger partial charge in [-0.3, -0.25) is 4.79 Å². The minimum atomic E-state index is -0.606. The summed E-state index contributed by atoms with van der Waals surface area (Å²) in [6.07, 6.45) is 10.1. The van der Waals surface area contributed by atoms with Crippen LogP contribution in [0.15, 0.2) is 35.9 Å². The first-order chi connectivity index (χ1) is 16.3. The lowest BCUT2D eigenvalue weighted by atomic mass is 9.72. The fourth-order valence-electron chi connectivity index (χ4n) is 4.86. The Morgan fingerprint density at radius 3 is 2.43 bits per heavy atom. The summed E-state index contributed by atoms with van der Waals surface area (Å²) in [5.74, 6) is 0.700. The van der Waals surface area contributed by atoms with E-state index in [2.05, 4.69) is 47.3 Å². The molecule has 4 heteroatoms. The Hall–Kier alpha value is -2.23. The van der Waals surface area contributed by atoms with Crippen LogP contribution in [0.4, 0.5) is 0 Å². The summed E-state index contributed by atoms with van der Waals surface area (Å²) in [5, 5.41) is 11.4. The number of hydrogen-bond donors (Lipinski definition) is 1. The van der Waals surface area contributed by atoms with Crippen LogP contribution in [-0.2, 0) is 14.9 Å². The van der Waals surface area contributed by atoms with Gasteiger partial charge in [0.15, 0.2) is 0 Å². The maximum atomic E-state index is 12.3. The van der Waals surface area contributed by atoms with Crippen molar-refractivity contribution in [2.45, 2.75) is 112 Å². The third-order valence-electron chi connectivity index (χ3n) is 7.29. The monoisotopic (exact) mass is 484 g/mol. The first-order valence-corrected chi connectivity index (χ1v) is 13.3. The molecule has 4 nitrogen and oxygen atoms in total. The Bertz CT molecular complexity index is 917. The van der Waals surface area contributed by atoms with Gasteiger partial charge in [-0.1, -0.05) is 70.3 Å². The molecule has 0 amide bonds. The molecule has 196 valence electrons. The summed E-state index contributed by atoms with van der Waals surface area (Å²) >= 11 is 0. The molecule has 0 unspecified atom stereocenters. The fourth-order valence-corrected chi connectivity index (χ4v) is 4.86. The normalized spacial score (nSPS) is 18.7. The topological polar surface area (TPSA) is 55.8 Å². The highest BCUT2D eigenvalue weighted by Gasteiger charge is 2.32. The number of carbonyl (C=O) groups is 1. The Balaban J connectivity index is 2.46. The number of esters is 1.